The number of carbonyl (C=O) groups is 2. The van der Waals surface area contributed by atoms with Gasteiger partial charge < -0.3 is 18.9 Å². The summed E-state index contributed by atoms with van der Waals surface area (Å²) in [5.74, 6) is -0.550. The van der Waals surface area contributed by atoms with Crippen molar-refractivity contribution in [1.82, 2.24) is 0 Å². The second-order valence-corrected chi connectivity index (χ2v) is 6.86. The van der Waals surface area contributed by atoms with Gasteiger partial charge in [-0.05, 0) is 35.9 Å². The molecule has 2 heterocycles. The maximum atomic E-state index is 13.8. The van der Waals surface area contributed by atoms with E-state index in [0.717, 1.165) is 0 Å². The van der Waals surface area contributed by atoms with Crippen molar-refractivity contribution in [2.45, 2.75) is 12.3 Å². The Morgan fingerprint density at radius 1 is 1.03 bits per heavy atom. The lowest BCUT2D eigenvalue weighted by Gasteiger charge is -2.32. The molecule has 7 nitrogen and oxygen atoms in total. The second-order valence-electron chi connectivity index (χ2n) is 6.86. The summed E-state index contributed by atoms with van der Waals surface area (Å²) in [6, 6.07) is 9.11. The van der Waals surface area contributed by atoms with E-state index in [4.69, 9.17) is 18.9 Å². The van der Waals surface area contributed by atoms with Gasteiger partial charge in [-0.3, -0.25) is 9.69 Å². The first-order valence-electron chi connectivity index (χ1n) is 9.27. The summed E-state index contributed by atoms with van der Waals surface area (Å²) in [5.41, 5.74) is 1.80. The molecule has 0 saturated heterocycles. The number of carbonyl (C=O) groups excluding carboxylic acids is 2. The molecule has 8 heteroatoms. The Labute approximate surface area is 172 Å². The molecule has 2 aromatic rings. The number of hydrogen-bond acceptors (Lipinski definition) is 6. The van der Waals surface area contributed by atoms with Crippen molar-refractivity contribution < 1.29 is 32.9 Å². The molecule has 1 amide bonds. The molecular weight excluding hydrogens is 393 g/mol. The Hall–Kier alpha value is -3.55. The molecule has 0 saturated carbocycles. The van der Waals surface area contributed by atoms with Gasteiger partial charge in [0.1, 0.15) is 12.4 Å². The zero-order valence-corrected chi connectivity index (χ0v) is 16.7. The van der Waals surface area contributed by atoms with Crippen LogP contribution in [0.3, 0.4) is 0 Å². The third-order valence-corrected chi connectivity index (χ3v) is 5.27. The van der Waals surface area contributed by atoms with Crippen molar-refractivity contribution in [3.8, 4) is 17.2 Å². The summed E-state index contributed by atoms with van der Waals surface area (Å²) in [6.07, 6.45) is 0.00306. The molecule has 1 atom stereocenters. The molecule has 2 aliphatic rings. The standard InChI is InChI=1S/C22H20FNO6/c1-27-17-7-12(8-18(28-2)21(17)29-3)15-10-19(25)24(14-6-4-5-13(23)9-14)16-11-30-22(26)20(15)16/h4-9,15H,10-11H2,1-3H3. The van der Waals surface area contributed by atoms with Crippen molar-refractivity contribution in [2.75, 3.05) is 32.8 Å². The molecule has 0 N–H and O–H groups in total. The molecule has 0 spiro atoms. The topological polar surface area (TPSA) is 74.3 Å². The van der Waals surface area contributed by atoms with E-state index in [9.17, 15) is 14.0 Å². The summed E-state index contributed by atoms with van der Waals surface area (Å²) in [6.45, 7) is -0.0582. The van der Waals surface area contributed by atoms with Gasteiger partial charge in [-0.2, -0.15) is 0 Å². The number of rotatable bonds is 5. The van der Waals surface area contributed by atoms with Gasteiger partial charge in [0.15, 0.2) is 11.5 Å². The zero-order chi connectivity index (χ0) is 21.4. The fraction of sp³-hybridized carbons (Fsp3) is 0.273. The van der Waals surface area contributed by atoms with Gasteiger partial charge in [0.25, 0.3) is 0 Å². The van der Waals surface area contributed by atoms with Gasteiger partial charge in [-0.1, -0.05) is 6.07 Å². The highest BCUT2D eigenvalue weighted by Gasteiger charge is 2.43. The highest BCUT2D eigenvalue weighted by molar-refractivity contribution is 6.06. The third-order valence-electron chi connectivity index (χ3n) is 5.27. The number of benzene rings is 2. The lowest BCUT2D eigenvalue weighted by atomic mass is 9.83. The van der Waals surface area contributed by atoms with E-state index >= 15 is 0 Å². The maximum absolute atomic E-state index is 13.8. The second kappa shape index (κ2) is 7.70. The molecule has 156 valence electrons. The molecule has 4 rings (SSSR count). The Morgan fingerprint density at radius 2 is 1.73 bits per heavy atom. The van der Waals surface area contributed by atoms with E-state index in [1.807, 2.05) is 0 Å². The fourth-order valence-electron chi connectivity index (χ4n) is 3.96. The quantitative estimate of drug-likeness (QED) is 0.701. The van der Waals surface area contributed by atoms with E-state index in [-0.39, 0.29) is 18.9 Å². The van der Waals surface area contributed by atoms with Crippen molar-refractivity contribution in [3.05, 3.63) is 59.0 Å². The van der Waals surface area contributed by atoms with Crippen LogP contribution in [0.5, 0.6) is 17.2 Å². The van der Waals surface area contributed by atoms with Crippen LogP contribution in [0.2, 0.25) is 0 Å². The number of amides is 1. The van der Waals surface area contributed by atoms with E-state index in [0.29, 0.717) is 39.8 Å². The number of esters is 1. The van der Waals surface area contributed by atoms with Crippen molar-refractivity contribution in [1.29, 1.82) is 0 Å². The number of ether oxygens (including phenoxy) is 4. The van der Waals surface area contributed by atoms with Crippen LogP contribution in [-0.4, -0.2) is 39.8 Å². The van der Waals surface area contributed by atoms with Crippen LogP contribution in [0.4, 0.5) is 10.1 Å². The van der Waals surface area contributed by atoms with Crippen LogP contribution in [0.15, 0.2) is 47.7 Å². The van der Waals surface area contributed by atoms with Crippen LogP contribution in [0, 0.1) is 5.82 Å². The van der Waals surface area contributed by atoms with Gasteiger partial charge in [-0.25, -0.2) is 9.18 Å². The summed E-state index contributed by atoms with van der Waals surface area (Å²) in [5, 5.41) is 0. The summed E-state index contributed by atoms with van der Waals surface area (Å²) in [4.78, 5) is 27.0. The minimum Gasteiger partial charge on any atom is -0.493 e. The van der Waals surface area contributed by atoms with Gasteiger partial charge in [0.05, 0.1) is 38.3 Å². The highest BCUT2D eigenvalue weighted by Crippen LogP contribution is 2.46. The largest absolute Gasteiger partial charge is 0.493 e. The molecule has 0 bridgehead atoms. The Morgan fingerprint density at radius 3 is 2.33 bits per heavy atom. The first-order valence-corrected chi connectivity index (χ1v) is 9.27. The van der Waals surface area contributed by atoms with E-state index < -0.39 is 17.7 Å². The molecule has 2 aliphatic heterocycles. The van der Waals surface area contributed by atoms with Gasteiger partial charge >= 0.3 is 5.97 Å². The van der Waals surface area contributed by atoms with Crippen molar-refractivity contribution >= 4 is 17.6 Å². The van der Waals surface area contributed by atoms with E-state index in [1.165, 1.54) is 44.4 Å². The predicted molar refractivity (Wildman–Crippen MR) is 105 cm³/mol. The van der Waals surface area contributed by atoms with Crippen LogP contribution >= 0.6 is 0 Å². The van der Waals surface area contributed by atoms with Crippen molar-refractivity contribution in [3.63, 3.8) is 0 Å². The van der Waals surface area contributed by atoms with Crippen molar-refractivity contribution in [2.24, 2.45) is 0 Å². The summed E-state index contributed by atoms with van der Waals surface area (Å²) in [7, 11) is 4.48. The SMILES string of the molecule is COc1cc(C2CC(=O)N(c3cccc(F)c3)C3=C2C(=O)OC3)cc(OC)c1OC. The highest BCUT2D eigenvalue weighted by atomic mass is 19.1. The number of cyclic esters (lactones) is 1. The summed E-state index contributed by atoms with van der Waals surface area (Å²) >= 11 is 0. The minimum atomic E-state index is -0.555. The van der Waals surface area contributed by atoms with Crippen LogP contribution in [-0.2, 0) is 14.3 Å². The van der Waals surface area contributed by atoms with Crippen LogP contribution < -0.4 is 19.1 Å². The zero-order valence-electron chi connectivity index (χ0n) is 16.7. The van der Waals surface area contributed by atoms with Gasteiger partial charge in [-0.15, -0.1) is 0 Å². The predicted octanol–water partition coefficient (Wildman–Crippen LogP) is 3.18. The van der Waals surface area contributed by atoms with Crippen LogP contribution in [0.25, 0.3) is 0 Å². The fourth-order valence-corrected chi connectivity index (χ4v) is 3.96. The molecule has 1 unspecified atom stereocenters. The Bertz CT molecular complexity index is 1040. The number of methoxy groups -OCH3 is 3. The Kier molecular flexibility index (Phi) is 5.07. The molecule has 30 heavy (non-hydrogen) atoms. The maximum Gasteiger partial charge on any atom is 0.336 e. The molecule has 0 aromatic heterocycles. The Balaban J connectivity index is 1.85. The molecule has 0 radical (unpaired) electrons. The van der Waals surface area contributed by atoms with E-state index in [1.54, 1.807) is 18.2 Å². The lowest BCUT2D eigenvalue weighted by Crippen LogP contribution is -2.37. The minimum absolute atomic E-state index is 0.00306. The lowest BCUT2D eigenvalue weighted by molar-refractivity contribution is -0.136. The number of halogens is 1. The first-order chi connectivity index (χ1) is 14.5. The molecule has 2 aromatic carbocycles. The van der Waals surface area contributed by atoms with Crippen LogP contribution in [0.1, 0.15) is 17.9 Å². The number of hydrogen-bond donors (Lipinski definition) is 0. The van der Waals surface area contributed by atoms with Gasteiger partial charge in [0, 0.05) is 12.3 Å². The smallest absolute Gasteiger partial charge is 0.336 e. The molecular formula is C22H20FNO6. The first kappa shape index (κ1) is 19.8. The summed E-state index contributed by atoms with van der Waals surface area (Å²) < 4.78 is 35.2. The third kappa shape index (κ3) is 3.14. The average molecular weight is 413 g/mol. The number of anilines is 1. The molecule has 0 aliphatic carbocycles. The van der Waals surface area contributed by atoms with Gasteiger partial charge in [0.2, 0.25) is 11.7 Å². The number of nitrogens with zero attached hydrogens (tertiary/aromatic N) is 1. The normalized spacial score (nSPS) is 18.3. The molecule has 0 fully saturated rings. The van der Waals surface area contributed by atoms with E-state index in [2.05, 4.69) is 0 Å². The monoisotopic (exact) mass is 413 g/mol. The average Bonchev–Trinajstić information content (AvgIpc) is 3.13.